The van der Waals surface area contributed by atoms with Crippen molar-refractivity contribution in [3.05, 3.63) is 60.8 Å². The first-order chi connectivity index (χ1) is 12.5. The van der Waals surface area contributed by atoms with Gasteiger partial charge in [-0.25, -0.2) is 0 Å². The quantitative estimate of drug-likeness (QED) is 0.167. The van der Waals surface area contributed by atoms with Crippen molar-refractivity contribution in [2.24, 2.45) is 0 Å². The highest BCUT2D eigenvalue weighted by molar-refractivity contribution is 8.01. The number of hydrogen-bond acceptors (Lipinski definition) is 1. The van der Waals surface area contributed by atoms with Gasteiger partial charge in [0.25, 0.3) is 0 Å². The van der Waals surface area contributed by atoms with Crippen LogP contribution in [-0.2, 0) is 0 Å². The van der Waals surface area contributed by atoms with Gasteiger partial charge < -0.3 is 0 Å². The van der Waals surface area contributed by atoms with Gasteiger partial charge >= 0.3 is 0 Å². The minimum Gasteiger partial charge on any atom is -0.143 e. The molecule has 0 aromatic rings. The highest BCUT2D eigenvalue weighted by Crippen LogP contribution is 2.52. The van der Waals surface area contributed by atoms with Crippen molar-refractivity contribution in [2.75, 3.05) is 0 Å². The molecule has 1 aliphatic carbocycles. The van der Waals surface area contributed by atoms with Crippen molar-refractivity contribution < 1.29 is 0 Å². The first-order valence-electron chi connectivity index (χ1n) is 10.5. The fourth-order valence-corrected chi connectivity index (χ4v) is 5.29. The number of unbranched alkanes of at least 4 members (excludes halogenated alkanes) is 2. The van der Waals surface area contributed by atoms with Crippen LogP contribution in [0.3, 0.4) is 0 Å². The van der Waals surface area contributed by atoms with Gasteiger partial charge in [0.1, 0.15) is 0 Å². The fraction of sp³-hybridized carbons (Fsp3) is 0.600. The Labute approximate surface area is 167 Å². The van der Waals surface area contributed by atoms with E-state index in [1.165, 1.54) is 61.7 Å². The lowest BCUT2D eigenvalue weighted by atomic mass is 9.80. The Bertz CT molecular complexity index is 516. The monoisotopic (exact) mass is 372 g/mol. The minimum atomic E-state index is 0.331. The zero-order valence-electron chi connectivity index (χ0n) is 17.5. The van der Waals surface area contributed by atoms with Gasteiger partial charge in [0.05, 0.1) is 0 Å². The Kier molecular flexibility index (Phi) is 11.0. The molecule has 1 unspecified atom stereocenters. The lowest BCUT2D eigenvalue weighted by Crippen LogP contribution is -2.36. The van der Waals surface area contributed by atoms with E-state index in [1.807, 2.05) is 6.08 Å². The highest BCUT2D eigenvalue weighted by atomic mass is 32.2. The highest BCUT2D eigenvalue weighted by Gasteiger charge is 2.40. The minimum absolute atomic E-state index is 0.331. The lowest BCUT2D eigenvalue weighted by Gasteiger charge is -2.44. The topological polar surface area (TPSA) is 0 Å². The molecule has 1 rings (SSSR count). The molecule has 146 valence electrons. The van der Waals surface area contributed by atoms with Gasteiger partial charge in [-0.05, 0) is 51.0 Å². The van der Waals surface area contributed by atoms with Crippen LogP contribution in [0.1, 0.15) is 85.0 Å². The molecular formula is C25H40S. The summed E-state index contributed by atoms with van der Waals surface area (Å²) in [5.74, 6) is 0. The normalized spacial score (nSPS) is 17.7. The molecule has 1 aliphatic rings. The summed E-state index contributed by atoms with van der Waals surface area (Å²) < 4.78 is 0.331. The van der Waals surface area contributed by atoms with Crippen LogP contribution in [0.5, 0.6) is 0 Å². The van der Waals surface area contributed by atoms with Crippen molar-refractivity contribution in [2.45, 2.75) is 95.0 Å². The zero-order valence-corrected chi connectivity index (χ0v) is 18.3. The second kappa shape index (κ2) is 12.4. The van der Waals surface area contributed by atoms with Crippen LogP contribution >= 0.6 is 11.8 Å². The maximum Gasteiger partial charge on any atom is 0.0368 e. The van der Waals surface area contributed by atoms with Gasteiger partial charge in [-0.2, -0.15) is 0 Å². The van der Waals surface area contributed by atoms with Crippen LogP contribution in [0.2, 0.25) is 0 Å². The second-order valence-electron chi connectivity index (χ2n) is 7.66. The van der Waals surface area contributed by atoms with Crippen LogP contribution < -0.4 is 0 Å². The molecule has 0 amide bonds. The molecule has 0 aromatic heterocycles. The van der Waals surface area contributed by atoms with Crippen molar-refractivity contribution in [3.63, 3.8) is 0 Å². The fourth-order valence-electron chi connectivity index (χ4n) is 3.45. The van der Waals surface area contributed by atoms with Crippen molar-refractivity contribution >= 4 is 11.8 Å². The summed E-state index contributed by atoms with van der Waals surface area (Å²) in [7, 11) is 0. The molecule has 0 nitrogen and oxygen atoms in total. The Morgan fingerprint density at radius 3 is 2.42 bits per heavy atom. The van der Waals surface area contributed by atoms with E-state index in [1.54, 1.807) is 0 Å². The third-order valence-corrected chi connectivity index (χ3v) is 7.60. The van der Waals surface area contributed by atoms with E-state index in [0.717, 1.165) is 19.3 Å². The van der Waals surface area contributed by atoms with E-state index in [9.17, 15) is 0 Å². The molecule has 0 N–H and O–H groups in total. The molecule has 0 radical (unpaired) electrons. The molecule has 0 aromatic carbocycles. The molecule has 1 atom stereocenters. The van der Waals surface area contributed by atoms with Crippen LogP contribution in [0, 0.1) is 0 Å². The van der Waals surface area contributed by atoms with Crippen LogP contribution in [0.15, 0.2) is 60.8 Å². The van der Waals surface area contributed by atoms with Crippen molar-refractivity contribution in [3.8, 4) is 0 Å². The first kappa shape index (κ1) is 23.1. The van der Waals surface area contributed by atoms with Gasteiger partial charge in [0.2, 0.25) is 0 Å². The summed E-state index contributed by atoms with van der Waals surface area (Å²) in [5.41, 5.74) is 4.13. The second-order valence-corrected chi connectivity index (χ2v) is 9.25. The summed E-state index contributed by atoms with van der Waals surface area (Å²) in [5, 5.41) is 0.585. The molecule has 0 aliphatic heterocycles. The Morgan fingerprint density at radius 2 is 1.92 bits per heavy atom. The van der Waals surface area contributed by atoms with Gasteiger partial charge in [-0.1, -0.05) is 94.7 Å². The van der Waals surface area contributed by atoms with E-state index >= 15 is 0 Å². The summed E-state index contributed by atoms with van der Waals surface area (Å²) in [6.45, 7) is 19.3. The Morgan fingerprint density at radius 1 is 1.19 bits per heavy atom. The number of thioether (sulfide) groups is 1. The predicted molar refractivity (Wildman–Crippen MR) is 123 cm³/mol. The van der Waals surface area contributed by atoms with Crippen LogP contribution in [0.25, 0.3) is 0 Å². The molecule has 1 saturated carbocycles. The summed E-state index contributed by atoms with van der Waals surface area (Å²) in [6.07, 6.45) is 20.9. The average molecular weight is 373 g/mol. The number of hydrogen-bond donors (Lipinski definition) is 0. The lowest BCUT2D eigenvalue weighted by molar-refractivity contribution is 0.411. The molecule has 1 fully saturated rings. The van der Waals surface area contributed by atoms with E-state index < -0.39 is 0 Å². The number of allylic oxidation sites excluding steroid dienone is 5. The third-order valence-electron chi connectivity index (χ3n) is 5.54. The number of rotatable bonds is 14. The van der Waals surface area contributed by atoms with Crippen LogP contribution in [0.4, 0.5) is 0 Å². The zero-order chi connectivity index (χ0) is 19.4. The Hall–Kier alpha value is -0.950. The van der Waals surface area contributed by atoms with Gasteiger partial charge in [-0.3, -0.25) is 0 Å². The van der Waals surface area contributed by atoms with E-state index in [4.69, 9.17) is 0 Å². The smallest absolute Gasteiger partial charge is 0.0368 e. The largest absolute Gasteiger partial charge is 0.143 e. The van der Waals surface area contributed by atoms with E-state index in [-0.39, 0.29) is 0 Å². The van der Waals surface area contributed by atoms with Crippen molar-refractivity contribution in [1.82, 2.24) is 0 Å². The SMILES string of the molecule is C=C/C=C(\C=C/CCC(=C)C(CCCCC)SC1(C(=C)C)CCC1)CC. The molecule has 0 spiro atoms. The first-order valence-corrected chi connectivity index (χ1v) is 11.4. The van der Waals surface area contributed by atoms with Gasteiger partial charge in [0, 0.05) is 10.00 Å². The van der Waals surface area contributed by atoms with Crippen molar-refractivity contribution in [1.29, 1.82) is 0 Å². The molecule has 0 bridgehead atoms. The van der Waals surface area contributed by atoms with E-state index in [2.05, 4.69) is 70.5 Å². The molecule has 0 saturated heterocycles. The Balaban J connectivity index is 2.63. The molecule has 0 heterocycles. The van der Waals surface area contributed by atoms with Gasteiger partial charge in [-0.15, -0.1) is 11.8 Å². The maximum atomic E-state index is 4.49. The molecule has 1 heteroatoms. The maximum absolute atomic E-state index is 4.49. The molecule has 26 heavy (non-hydrogen) atoms. The van der Waals surface area contributed by atoms with Crippen LogP contribution in [-0.4, -0.2) is 10.00 Å². The van der Waals surface area contributed by atoms with E-state index in [0.29, 0.717) is 10.00 Å². The average Bonchev–Trinajstić information content (AvgIpc) is 2.58. The molecular weight excluding hydrogens is 332 g/mol. The standard InChI is InChI=1S/C25H40S/c1-7-10-11-18-24(26-25(21(4)5)19-14-20-25)22(6)16-12-13-17-23(9-3)15-8-2/h8,13,15,17,24H,2,4,6-7,9-12,14,16,18-20H2,1,3,5H3/b17-13-,23-15-. The van der Waals surface area contributed by atoms with Gasteiger partial charge in [0.15, 0.2) is 0 Å². The summed E-state index contributed by atoms with van der Waals surface area (Å²) in [4.78, 5) is 0. The summed E-state index contributed by atoms with van der Waals surface area (Å²) >= 11 is 2.17. The predicted octanol–water partition coefficient (Wildman–Crippen LogP) is 8.58. The third kappa shape index (κ3) is 7.35. The summed E-state index contributed by atoms with van der Waals surface area (Å²) in [6, 6.07) is 0.